The summed E-state index contributed by atoms with van der Waals surface area (Å²) in [6.45, 7) is 4.64. The first-order valence-corrected chi connectivity index (χ1v) is 12.1. The summed E-state index contributed by atoms with van der Waals surface area (Å²) in [7, 11) is 1.67. The normalized spacial score (nSPS) is 14.9. The highest BCUT2D eigenvalue weighted by Gasteiger charge is 2.34. The Morgan fingerprint density at radius 1 is 1.08 bits per heavy atom. The number of benzene rings is 3. The molecule has 0 fully saturated rings. The predicted molar refractivity (Wildman–Crippen MR) is 140 cm³/mol. The zero-order valence-corrected chi connectivity index (χ0v) is 20.6. The van der Waals surface area contributed by atoms with Gasteiger partial charge in [0.05, 0.1) is 25.3 Å². The summed E-state index contributed by atoms with van der Waals surface area (Å²) in [5.41, 5.74) is 6.34. The van der Waals surface area contributed by atoms with Crippen molar-refractivity contribution in [3.05, 3.63) is 94.7 Å². The third-order valence-electron chi connectivity index (χ3n) is 6.61. The number of carbonyl (C=O) groups excluding carboxylic acids is 2. The highest BCUT2D eigenvalue weighted by Crippen LogP contribution is 2.39. The van der Waals surface area contributed by atoms with Gasteiger partial charge in [0.15, 0.2) is 0 Å². The van der Waals surface area contributed by atoms with E-state index in [0.717, 1.165) is 33.5 Å². The minimum absolute atomic E-state index is 0.233. The lowest BCUT2D eigenvalue weighted by molar-refractivity contribution is 0.0526. The van der Waals surface area contributed by atoms with Gasteiger partial charge in [-0.1, -0.05) is 35.9 Å². The number of nitrogens with one attached hydrogen (secondary N) is 2. The number of aromatic nitrogens is 1. The van der Waals surface area contributed by atoms with Crippen molar-refractivity contribution in [2.24, 2.45) is 0 Å². The number of methoxy groups -OCH3 is 1. The Kier molecular flexibility index (Phi) is 6.38. The molecule has 7 heteroatoms. The van der Waals surface area contributed by atoms with Crippen LogP contribution in [0.4, 0.5) is 10.5 Å². The van der Waals surface area contributed by atoms with E-state index in [1.165, 1.54) is 5.56 Å². The molecule has 0 spiro atoms. The zero-order chi connectivity index (χ0) is 25.2. The van der Waals surface area contributed by atoms with Crippen LogP contribution in [-0.4, -0.2) is 42.1 Å². The van der Waals surface area contributed by atoms with Gasteiger partial charge in [-0.25, -0.2) is 9.59 Å². The largest absolute Gasteiger partial charge is 0.497 e. The van der Waals surface area contributed by atoms with Crippen molar-refractivity contribution < 1.29 is 19.1 Å². The Balaban J connectivity index is 1.51. The van der Waals surface area contributed by atoms with E-state index in [9.17, 15) is 9.59 Å². The highest BCUT2D eigenvalue weighted by molar-refractivity contribution is 5.95. The number of hydrogen-bond acceptors (Lipinski definition) is 4. The van der Waals surface area contributed by atoms with Gasteiger partial charge < -0.3 is 24.7 Å². The fourth-order valence-electron chi connectivity index (χ4n) is 4.84. The number of amides is 2. The smallest absolute Gasteiger partial charge is 0.338 e. The van der Waals surface area contributed by atoms with Crippen LogP contribution in [0.25, 0.3) is 10.9 Å². The molecular formula is C29H29N3O4. The Morgan fingerprint density at radius 2 is 1.89 bits per heavy atom. The molecule has 3 aromatic carbocycles. The second-order valence-electron chi connectivity index (χ2n) is 8.92. The molecule has 184 valence electrons. The van der Waals surface area contributed by atoms with Gasteiger partial charge >= 0.3 is 12.0 Å². The summed E-state index contributed by atoms with van der Waals surface area (Å²) in [4.78, 5) is 31.2. The standard InChI is InChI=1S/C29H29N3O4/c1-4-36-28(33)20-6-5-7-21(16-20)30-29(34)32-15-14-23-24-17-22(35-3)12-13-25(24)31-26(23)27(32)19-10-8-18(2)9-11-19/h5-13,16-17,27,31H,4,14-15H2,1-3H3,(H,30,34). The van der Waals surface area contributed by atoms with E-state index >= 15 is 0 Å². The molecule has 2 N–H and O–H groups in total. The van der Waals surface area contributed by atoms with Crippen molar-refractivity contribution in [3.63, 3.8) is 0 Å². The average molecular weight is 484 g/mol. The van der Waals surface area contributed by atoms with E-state index in [0.29, 0.717) is 30.8 Å². The van der Waals surface area contributed by atoms with Crippen molar-refractivity contribution in [1.82, 2.24) is 9.88 Å². The van der Waals surface area contributed by atoms with Crippen LogP contribution in [0.5, 0.6) is 5.75 Å². The first kappa shape index (κ1) is 23.5. The lowest BCUT2D eigenvalue weighted by atomic mass is 9.92. The van der Waals surface area contributed by atoms with E-state index in [1.807, 2.05) is 30.0 Å². The van der Waals surface area contributed by atoms with Crippen LogP contribution in [-0.2, 0) is 11.2 Å². The van der Waals surface area contributed by atoms with E-state index in [1.54, 1.807) is 38.3 Å². The first-order chi connectivity index (χ1) is 17.5. The topological polar surface area (TPSA) is 83.7 Å². The molecule has 0 saturated heterocycles. The van der Waals surface area contributed by atoms with Crippen LogP contribution >= 0.6 is 0 Å². The quantitative estimate of drug-likeness (QED) is 0.349. The Hall–Kier alpha value is -4.26. The van der Waals surface area contributed by atoms with Crippen molar-refractivity contribution >= 4 is 28.6 Å². The fourth-order valence-corrected chi connectivity index (χ4v) is 4.84. The Bertz CT molecular complexity index is 1420. The number of anilines is 1. The molecule has 0 saturated carbocycles. The van der Waals surface area contributed by atoms with Crippen LogP contribution in [0.1, 0.15) is 45.7 Å². The Labute approximate surface area is 210 Å². The second-order valence-corrected chi connectivity index (χ2v) is 8.92. The SMILES string of the molecule is CCOC(=O)c1cccc(NC(=O)N2CCc3c([nH]c4ccc(OC)cc34)C2c2ccc(C)cc2)c1. The lowest BCUT2D eigenvalue weighted by Crippen LogP contribution is -2.43. The molecule has 7 nitrogen and oxygen atoms in total. The maximum absolute atomic E-state index is 13.6. The van der Waals surface area contributed by atoms with Crippen LogP contribution in [0, 0.1) is 6.92 Å². The number of aromatic amines is 1. The van der Waals surface area contributed by atoms with Crippen LogP contribution in [0.2, 0.25) is 0 Å². The molecule has 5 rings (SSSR count). The summed E-state index contributed by atoms with van der Waals surface area (Å²) in [5, 5.41) is 4.10. The van der Waals surface area contributed by atoms with Gasteiger partial charge in [-0.2, -0.15) is 0 Å². The third kappa shape index (κ3) is 4.40. The van der Waals surface area contributed by atoms with Crippen LogP contribution < -0.4 is 10.1 Å². The van der Waals surface area contributed by atoms with Crippen molar-refractivity contribution in [1.29, 1.82) is 0 Å². The molecular weight excluding hydrogens is 454 g/mol. The molecule has 0 aliphatic carbocycles. The van der Waals surface area contributed by atoms with Crippen LogP contribution in [0.15, 0.2) is 66.7 Å². The van der Waals surface area contributed by atoms with E-state index in [4.69, 9.17) is 9.47 Å². The first-order valence-electron chi connectivity index (χ1n) is 12.1. The number of H-pyrrole nitrogens is 1. The highest BCUT2D eigenvalue weighted by atomic mass is 16.5. The van der Waals surface area contributed by atoms with Crippen LogP contribution in [0.3, 0.4) is 0 Å². The van der Waals surface area contributed by atoms with E-state index in [2.05, 4.69) is 34.6 Å². The van der Waals surface area contributed by atoms with Gasteiger partial charge in [-0.3, -0.25) is 0 Å². The van der Waals surface area contributed by atoms with Crippen molar-refractivity contribution in [3.8, 4) is 5.75 Å². The van der Waals surface area contributed by atoms with Gasteiger partial charge in [-0.15, -0.1) is 0 Å². The van der Waals surface area contributed by atoms with Crippen molar-refractivity contribution in [2.75, 3.05) is 25.6 Å². The number of hydrogen-bond donors (Lipinski definition) is 2. The minimum atomic E-state index is -0.415. The summed E-state index contributed by atoms with van der Waals surface area (Å²) in [6.07, 6.45) is 0.709. The third-order valence-corrected chi connectivity index (χ3v) is 6.61. The number of aryl methyl sites for hydroxylation is 1. The van der Waals surface area contributed by atoms with Gasteiger partial charge in [0.2, 0.25) is 0 Å². The number of nitrogens with zero attached hydrogens (tertiary/aromatic N) is 1. The summed E-state index contributed by atoms with van der Waals surface area (Å²) < 4.78 is 10.6. The number of fused-ring (bicyclic) bond motifs is 3. The monoisotopic (exact) mass is 483 g/mol. The molecule has 36 heavy (non-hydrogen) atoms. The van der Waals surface area contributed by atoms with E-state index in [-0.39, 0.29) is 12.1 Å². The molecule has 1 aliphatic rings. The van der Waals surface area contributed by atoms with E-state index < -0.39 is 5.97 Å². The second kappa shape index (κ2) is 9.77. The molecule has 0 radical (unpaired) electrons. The minimum Gasteiger partial charge on any atom is -0.497 e. The van der Waals surface area contributed by atoms with Gasteiger partial charge in [0.1, 0.15) is 5.75 Å². The predicted octanol–water partition coefficient (Wildman–Crippen LogP) is 5.84. The Morgan fingerprint density at radius 3 is 2.64 bits per heavy atom. The lowest BCUT2D eigenvalue weighted by Gasteiger charge is -2.36. The molecule has 2 heterocycles. The molecule has 1 atom stereocenters. The molecule has 4 aromatic rings. The number of ether oxygens (including phenoxy) is 2. The van der Waals surface area contributed by atoms with Crippen molar-refractivity contribution in [2.45, 2.75) is 26.3 Å². The average Bonchev–Trinajstić information content (AvgIpc) is 3.27. The summed E-state index contributed by atoms with van der Waals surface area (Å²) in [5.74, 6) is 0.389. The molecule has 1 unspecified atom stereocenters. The van der Waals surface area contributed by atoms with Gasteiger partial charge in [0.25, 0.3) is 0 Å². The fraction of sp³-hybridized carbons (Fsp3) is 0.241. The molecule has 2 amide bonds. The molecule has 0 bridgehead atoms. The van der Waals surface area contributed by atoms with Gasteiger partial charge in [-0.05, 0) is 67.8 Å². The number of rotatable bonds is 5. The summed E-state index contributed by atoms with van der Waals surface area (Å²) in [6, 6.07) is 20.6. The van der Waals surface area contributed by atoms with Gasteiger partial charge in [0, 0.05) is 28.8 Å². The maximum Gasteiger partial charge on any atom is 0.338 e. The number of urea groups is 1. The maximum atomic E-state index is 13.6. The zero-order valence-electron chi connectivity index (χ0n) is 20.6. The number of esters is 1. The summed E-state index contributed by atoms with van der Waals surface area (Å²) >= 11 is 0. The number of carbonyl (C=O) groups is 2. The molecule has 1 aromatic heterocycles. The molecule has 1 aliphatic heterocycles.